The first kappa shape index (κ1) is 35.6. The minimum atomic E-state index is -4.91. The molecule has 0 spiro atoms. The van der Waals surface area contributed by atoms with Gasteiger partial charge in [-0.05, 0) is 96.6 Å². The predicted octanol–water partition coefficient (Wildman–Crippen LogP) is 5.44. The van der Waals surface area contributed by atoms with E-state index in [1.807, 2.05) is 0 Å². The minimum absolute atomic E-state index is 0.0771. The number of para-hydroxylation sites is 2. The summed E-state index contributed by atoms with van der Waals surface area (Å²) in [5.41, 5.74) is 7.04. The van der Waals surface area contributed by atoms with Crippen LogP contribution in [-0.4, -0.2) is 60.0 Å². The van der Waals surface area contributed by atoms with Crippen LogP contribution in [0.5, 0.6) is 5.75 Å². The number of aliphatic hydroxyl groups excluding tert-OH is 1. The van der Waals surface area contributed by atoms with Gasteiger partial charge in [0.25, 0.3) is 21.9 Å². The lowest BCUT2D eigenvalue weighted by molar-refractivity contribution is -0.110. The van der Waals surface area contributed by atoms with E-state index in [1.165, 1.54) is 49.6 Å². The number of methoxy groups -OCH3 is 1. The fraction of sp³-hybridized carbons (Fsp3) is 0.0270. The van der Waals surface area contributed by atoms with Crippen LogP contribution in [0, 0.1) is 0 Å². The van der Waals surface area contributed by atoms with Crippen LogP contribution in [0.2, 0.25) is 0 Å². The van der Waals surface area contributed by atoms with Crippen molar-refractivity contribution in [2.75, 3.05) is 28.6 Å². The Morgan fingerprint density at radius 3 is 2.15 bits per heavy atom. The van der Waals surface area contributed by atoms with Gasteiger partial charge in [-0.25, -0.2) is 0 Å². The summed E-state index contributed by atoms with van der Waals surface area (Å²) in [6.45, 7) is 0. The van der Waals surface area contributed by atoms with Crippen LogP contribution in [0.1, 0.15) is 36.6 Å². The molecule has 266 valence electrons. The standard InChI is InChI=1S/C37H28N6O9S/c1-52-32-8-3-2-7-30(32)42-43-34-33(53(49,50)51)19-23-18-26(13-15-28(23)35(34)46)39-37(48)22-5-4-6-25(17-22)38-36(47)21-9-11-24(12-10-21)40-41-29-16-14-27(44)20-31(29)45/h2-20,40,42,45H,1H3,(H,38,47)(H,39,48)(H,49,50,51)/b41-29-,43-34-. The lowest BCUT2D eigenvalue weighted by atomic mass is 9.94. The van der Waals surface area contributed by atoms with E-state index in [0.29, 0.717) is 28.4 Å². The van der Waals surface area contributed by atoms with Crippen LogP contribution >= 0.6 is 0 Å². The maximum atomic E-state index is 13.4. The van der Waals surface area contributed by atoms with Crippen molar-refractivity contribution in [1.82, 2.24) is 0 Å². The summed E-state index contributed by atoms with van der Waals surface area (Å²) >= 11 is 0. The zero-order valence-corrected chi connectivity index (χ0v) is 28.3. The number of allylic oxidation sites excluding steroid dienone is 4. The van der Waals surface area contributed by atoms with E-state index in [-0.39, 0.29) is 39.6 Å². The van der Waals surface area contributed by atoms with Gasteiger partial charge < -0.3 is 20.5 Å². The van der Waals surface area contributed by atoms with E-state index < -0.39 is 38.3 Å². The average molecular weight is 733 g/mol. The second kappa shape index (κ2) is 15.0. The van der Waals surface area contributed by atoms with Gasteiger partial charge in [-0.3, -0.25) is 34.6 Å². The summed E-state index contributed by atoms with van der Waals surface area (Å²) in [5, 5.41) is 23.3. The summed E-state index contributed by atoms with van der Waals surface area (Å²) in [7, 11) is -3.48. The zero-order chi connectivity index (χ0) is 37.7. The molecule has 0 saturated carbocycles. The van der Waals surface area contributed by atoms with Gasteiger partial charge in [-0.1, -0.05) is 18.2 Å². The second-order valence-electron chi connectivity index (χ2n) is 11.3. The van der Waals surface area contributed by atoms with Crippen LogP contribution < -0.4 is 26.2 Å². The summed E-state index contributed by atoms with van der Waals surface area (Å²) in [5.74, 6) is -2.06. The van der Waals surface area contributed by atoms with Crippen LogP contribution in [0.3, 0.4) is 0 Å². The van der Waals surface area contributed by atoms with Crippen molar-refractivity contribution in [2.24, 2.45) is 10.2 Å². The molecule has 53 heavy (non-hydrogen) atoms. The fourth-order valence-corrected chi connectivity index (χ4v) is 5.79. The van der Waals surface area contributed by atoms with Crippen molar-refractivity contribution in [3.8, 4) is 5.75 Å². The number of benzene rings is 4. The number of carbonyl (C=O) groups excluding carboxylic acids is 4. The van der Waals surface area contributed by atoms with Crippen molar-refractivity contribution >= 4 is 73.7 Å². The summed E-state index contributed by atoms with van der Waals surface area (Å²) in [4.78, 5) is 50.1. The van der Waals surface area contributed by atoms with Crippen LogP contribution in [0.15, 0.2) is 130 Å². The highest BCUT2D eigenvalue weighted by Gasteiger charge is 2.33. The third-order valence-electron chi connectivity index (χ3n) is 7.74. The Balaban J connectivity index is 1.13. The van der Waals surface area contributed by atoms with E-state index >= 15 is 0 Å². The number of nitrogens with one attached hydrogen (secondary N) is 4. The molecule has 2 aliphatic rings. The van der Waals surface area contributed by atoms with Crippen LogP contribution in [0.4, 0.5) is 22.7 Å². The Bertz CT molecular complexity index is 2450. The molecule has 2 amide bonds. The van der Waals surface area contributed by atoms with Gasteiger partial charge in [0.15, 0.2) is 11.5 Å². The molecule has 0 aromatic heterocycles. The van der Waals surface area contributed by atoms with E-state index in [1.54, 1.807) is 60.7 Å². The van der Waals surface area contributed by atoms with Gasteiger partial charge >= 0.3 is 0 Å². The maximum Gasteiger partial charge on any atom is 0.296 e. The molecule has 2 aliphatic carbocycles. The number of hydrogen-bond donors (Lipinski definition) is 6. The van der Waals surface area contributed by atoms with Gasteiger partial charge in [0, 0.05) is 34.1 Å². The molecule has 0 radical (unpaired) electrons. The molecule has 0 bridgehead atoms. The number of fused-ring (bicyclic) bond motifs is 1. The number of nitrogens with zero attached hydrogens (tertiary/aromatic N) is 2. The number of aliphatic hydroxyl groups is 1. The van der Waals surface area contributed by atoms with Crippen molar-refractivity contribution in [1.29, 1.82) is 0 Å². The van der Waals surface area contributed by atoms with Crippen molar-refractivity contribution in [3.05, 3.63) is 142 Å². The predicted molar refractivity (Wildman–Crippen MR) is 199 cm³/mol. The van der Waals surface area contributed by atoms with Crippen molar-refractivity contribution in [3.63, 3.8) is 0 Å². The quantitative estimate of drug-likeness (QED) is 0.0684. The number of ketones is 2. The molecule has 0 saturated heterocycles. The molecule has 6 rings (SSSR count). The first-order valence-corrected chi connectivity index (χ1v) is 17.0. The third kappa shape index (κ3) is 8.25. The number of hydrazone groups is 2. The number of ether oxygens (including phenoxy) is 1. The Kier molecular flexibility index (Phi) is 10.1. The fourth-order valence-electron chi connectivity index (χ4n) is 5.13. The SMILES string of the molecule is COc1ccccc1N/N=C1\C(=O)c2ccc(NC(=O)c3cccc(NC(=O)c4ccc(N/N=C5/C=CC(=O)C=C5O)cc4)c3)cc2C=C1S(=O)(=O)O. The maximum absolute atomic E-state index is 13.4. The number of rotatable bonds is 10. The molecule has 0 atom stereocenters. The summed E-state index contributed by atoms with van der Waals surface area (Å²) < 4.78 is 39.8. The lowest BCUT2D eigenvalue weighted by Crippen LogP contribution is -2.27. The molecular formula is C37H28N6O9S. The number of Topliss-reactive ketones (excluding diaryl/α,β-unsaturated/α-hetero) is 1. The number of carbonyl (C=O) groups is 4. The van der Waals surface area contributed by atoms with Crippen LogP contribution in [0.25, 0.3) is 6.08 Å². The Morgan fingerprint density at radius 2 is 1.43 bits per heavy atom. The van der Waals surface area contributed by atoms with Gasteiger partial charge in [-0.15, -0.1) is 0 Å². The Hall–Kier alpha value is -7.17. The molecule has 6 N–H and O–H groups in total. The van der Waals surface area contributed by atoms with Gasteiger partial charge in [0.1, 0.15) is 22.1 Å². The first-order valence-electron chi connectivity index (χ1n) is 15.5. The number of hydrogen-bond acceptors (Lipinski definition) is 12. The lowest BCUT2D eigenvalue weighted by Gasteiger charge is -2.17. The van der Waals surface area contributed by atoms with E-state index in [9.17, 15) is 37.3 Å². The van der Waals surface area contributed by atoms with Gasteiger partial charge in [0.2, 0.25) is 5.78 Å². The molecule has 0 aliphatic heterocycles. The van der Waals surface area contributed by atoms with Crippen molar-refractivity contribution < 1.29 is 42.0 Å². The summed E-state index contributed by atoms with van der Waals surface area (Å²) in [6.07, 6.45) is 4.75. The van der Waals surface area contributed by atoms with E-state index in [4.69, 9.17) is 4.74 Å². The molecular weight excluding hydrogens is 705 g/mol. The third-order valence-corrected chi connectivity index (χ3v) is 8.61. The molecule has 16 heteroatoms. The van der Waals surface area contributed by atoms with E-state index in [0.717, 1.165) is 12.2 Å². The van der Waals surface area contributed by atoms with E-state index in [2.05, 4.69) is 31.7 Å². The van der Waals surface area contributed by atoms with Crippen molar-refractivity contribution in [2.45, 2.75) is 0 Å². The minimum Gasteiger partial charge on any atom is -0.505 e. The Labute approximate surface area is 301 Å². The Morgan fingerprint density at radius 1 is 0.736 bits per heavy atom. The molecule has 4 aromatic rings. The molecule has 0 unspecified atom stereocenters. The largest absolute Gasteiger partial charge is 0.505 e. The molecule has 0 fully saturated rings. The van der Waals surface area contributed by atoms with Gasteiger partial charge in [-0.2, -0.15) is 18.6 Å². The topological polar surface area (TPSA) is 225 Å². The number of anilines is 4. The highest BCUT2D eigenvalue weighted by Crippen LogP contribution is 2.29. The van der Waals surface area contributed by atoms with Crippen LogP contribution in [-0.2, 0) is 14.9 Å². The monoisotopic (exact) mass is 732 g/mol. The first-order chi connectivity index (χ1) is 25.4. The smallest absolute Gasteiger partial charge is 0.296 e. The second-order valence-corrected chi connectivity index (χ2v) is 12.7. The normalized spacial score (nSPS) is 15.3. The van der Waals surface area contributed by atoms with Gasteiger partial charge in [0.05, 0.1) is 18.5 Å². The average Bonchev–Trinajstić information content (AvgIpc) is 3.14. The number of amides is 2. The zero-order valence-electron chi connectivity index (χ0n) is 27.5. The highest BCUT2D eigenvalue weighted by atomic mass is 32.2. The molecule has 4 aromatic carbocycles. The summed E-state index contributed by atoms with van der Waals surface area (Å²) in [6, 6.07) is 23.3. The highest BCUT2D eigenvalue weighted by molar-refractivity contribution is 7.91. The molecule has 0 heterocycles. The molecule has 15 nitrogen and oxygen atoms in total.